The van der Waals surface area contributed by atoms with Gasteiger partial charge in [-0.25, -0.2) is 12.7 Å². The van der Waals surface area contributed by atoms with Crippen molar-refractivity contribution in [3.8, 4) is 0 Å². The zero-order valence-corrected chi connectivity index (χ0v) is 12.2. The van der Waals surface area contributed by atoms with Crippen molar-refractivity contribution in [3.05, 3.63) is 35.9 Å². The van der Waals surface area contributed by atoms with Crippen LogP contribution in [0.25, 0.3) is 0 Å². The summed E-state index contributed by atoms with van der Waals surface area (Å²) in [6, 6.07) is 9.68. The topological polar surface area (TPSA) is 49.4 Å². The maximum atomic E-state index is 12.4. The molecule has 0 radical (unpaired) electrons. The van der Waals surface area contributed by atoms with E-state index in [0.717, 1.165) is 24.9 Å². The van der Waals surface area contributed by atoms with Gasteiger partial charge in [-0.2, -0.15) is 0 Å². The van der Waals surface area contributed by atoms with Crippen molar-refractivity contribution >= 4 is 10.0 Å². The summed E-state index contributed by atoms with van der Waals surface area (Å²) in [7, 11) is -3.19. The molecule has 5 heteroatoms. The van der Waals surface area contributed by atoms with Crippen molar-refractivity contribution < 1.29 is 8.42 Å². The van der Waals surface area contributed by atoms with Gasteiger partial charge in [0.15, 0.2) is 0 Å². The van der Waals surface area contributed by atoms with Crippen LogP contribution in [0.15, 0.2) is 30.3 Å². The lowest BCUT2D eigenvalue weighted by Crippen LogP contribution is -2.48. The number of hydrogen-bond acceptors (Lipinski definition) is 3. The van der Waals surface area contributed by atoms with Crippen LogP contribution in [-0.2, 0) is 15.8 Å². The summed E-state index contributed by atoms with van der Waals surface area (Å²) in [6.45, 7) is 4.19. The van der Waals surface area contributed by atoms with Crippen LogP contribution in [0.4, 0.5) is 0 Å². The maximum absolute atomic E-state index is 12.4. The van der Waals surface area contributed by atoms with Crippen molar-refractivity contribution in [2.75, 3.05) is 19.6 Å². The molecule has 4 nitrogen and oxygen atoms in total. The Bertz CT molecular complexity index is 485. The zero-order chi connectivity index (χ0) is 13.7. The van der Waals surface area contributed by atoms with Crippen molar-refractivity contribution in [1.82, 2.24) is 9.62 Å². The fourth-order valence-electron chi connectivity index (χ4n) is 2.53. The molecule has 19 heavy (non-hydrogen) atoms. The van der Waals surface area contributed by atoms with Crippen LogP contribution in [0.2, 0.25) is 0 Å². The number of nitrogens with one attached hydrogen (secondary N) is 1. The molecule has 1 fully saturated rings. The largest absolute Gasteiger partial charge is 0.313 e. The van der Waals surface area contributed by atoms with Gasteiger partial charge in [-0.1, -0.05) is 37.3 Å². The molecule has 1 aliphatic heterocycles. The van der Waals surface area contributed by atoms with Gasteiger partial charge in [-0.3, -0.25) is 0 Å². The first-order valence-corrected chi connectivity index (χ1v) is 8.48. The third-order valence-electron chi connectivity index (χ3n) is 3.46. The van der Waals surface area contributed by atoms with E-state index in [1.165, 1.54) is 0 Å². The van der Waals surface area contributed by atoms with E-state index in [1.54, 1.807) is 4.31 Å². The number of piperidine rings is 1. The molecular weight excluding hydrogens is 260 g/mol. The highest BCUT2D eigenvalue weighted by molar-refractivity contribution is 7.88. The maximum Gasteiger partial charge on any atom is 0.218 e. The number of hydrogen-bond donors (Lipinski definition) is 1. The molecule has 0 amide bonds. The summed E-state index contributed by atoms with van der Waals surface area (Å²) in [5.74, 6) is 0.104. The van der Waals surface area contributed by atoms with Gasteiger partial charge in [0.1, 0.15) is 0 Å². The fraction of sp³-hybridized carbons (Fsp3) is 0.571. The van der Waals surface area contributed by atoms with E-state index in [4.69, 9.17) is 0 Å². The van der Waals surface area contributed by atoms with E-state index in [0.29, 0.717) is 19.1 Å². The minimum atomic E-state index is -3.19. The highest BCUT2D eigenvalue weighted by Crippen LogP contribution is 2.17. The van der Waals surface area contributed by atoms with Crippen LogP contribution < -0.4 is 5.32 Å². The summed E-state index contributed by atoms with van der Waals surface area (Å²) < 4.78 is 26.4. The number of likely N-dealkylation sites (N-methyl/N-ethyl adjacent to an activating group) is 1. The zero-order valence-electron chi connectivity index (χ0n) is 11.4. The van der Waals surface area contributed by atoms with Gasteiger partial charge >= 0.3 is 0 Å². The Morgan fingerprint density at radius 3 is 2.74 bits per heavy atom. The van der Waals surface area contributed by atoms with E-state index in [2.05, 4.69) is 12.2 Å². The second-order valence-electron chi connectivity index (χ2n) is 5.00. The third-order valence-corrected chi connectivity index (χ3v) is 5.28. The molecule has 1 atom stereocenters. The van der Waals surface area contributed by atoms with Gasteiger partial charge in [-0.05, 0) is 24.9 Å². The van der Waals surface area contributed by atoms with Gasteiger partial charge in [0.05, 0.1) is 5.75 Å². The van der Waals surface area contributed by atoms with E-state index in [-0.39, 0.29) is 5.75 Å². The first-order chi connectivity index (χ1) is 9.12. The minimum Gasteiger partial charge on any atom is -0.313 e. The average Bonchev–Trinajstić information content (AvgIpc) is 2.40. The molecule has 0 saturated carbocycles. The second-order valence-corrected chi connectivity index (χ2v) is 6.97. The Balaban J connectivity index is 2.03. The minimum absolute atomic E-state index is 0.104. The molecule has 2 rings (SSSR count). The van der Waals surface area contributed by atoms with E-state index >= 15 is 0 Å². The Morgan fingerprint density at radius 1 is 1.32 bits per heavy atom. The summed E-state index contributed by atoms with van der Waals surface area (Å²) in [6.07, 6.45) is 2.00. The van der Waals surface area contributed by atoms with Crippen LogP contribution in [0.1, 0.15) is 25.3 Å². The highest BCUT2D eigenvalue weighted by atomic mass is 32.2. The summed E-state index contributed by atoms with van der Waals surface area (Å²) in [4.78, 5) is 0. The standard InChI is InChI=1S/C14H22N2O2S/c1-2-15-14-9-6-10-16(11-14)19(17,18)12-13-7-4-3-5-8-13/h3-5,7-8,14-15H,2,6,9-12H2,1H3. The predicted molar refractivity (Wildman–Crippen MR) is 77.3 cm³/mol. The lowest BCUT2D eigenvalue weighted by Gasteiger charge is -2.32. The Hall–Kier alpha value is -0.910. The Morgan fingerprint density at radius 2 is 2.05 bits per heavy atom. The molecule has 1 N–H and O–H groups in total. The highest BCUT2D eigenvalue weighted by Gasteiger charge is 2.28. The normalized spacial score (nSPS) is 21.4. The van der Waals surface area contributed by atoms with Crippen LogP contribution in [0, 0.1) is 0 Å². The Kier molecular flexibility index (Phi) is 4.96. The SMILES string of the molecule is CCNC1CCCN(S(=O)(=O)Cc2ccccc2)C1. The van der Waals surface area contributed by atoms with Crippen molar-refractivity contribution in [2.45, 2.75) is 31.6 Å². The number of sulfonamides is 1. The van der Waals surface area contributed by atoms with E-state index in [1.807, 2.05) is 30.3 Å². The van der Waals surface area contributed by atoms with Crippen LogP contribution >= 0.6 is 0 Å². The van der Waals surface area contributed by atoms with E-state index < -0.39 is 10.0 Å². The van der Waals surface area contributed by atoms with Gasteiger partial charge in [0.2, 0.25) is 10.0 Å². The third kappa shape index (κ3) is 4.03. The van der Waals surface area contributed by atoms with Crippen molar-refractivity contribution in [1.29, 1.82) is 0 Å². The monoisotopic (exact) mass is 282 g/mol. The second kappa shape index (κ2) is 6.50. The van der Waals surface area contributed by atoms with Crippen LogP contribution in [0.3, 0.4) is 0 Å². The van der Waals surface area contributed by atoms with Crippen molar-refractivity contribution in [3.63, 3.8) is 0 Å². The number of rotatable bonds is 5. The first-order valence-electron chi connectivity index (χ1n) is 6.87. The summed E-state index contributed by atoms with van der Waals surface area (Å²) in [5.41, 5.74) is 0.855. The molecule has 0 spiro atoms. The lowest BCUT2D eigenvalue weighted by atomic mass is 10.1. The van der Waals surface area contributed by atoms with Gasteiger partial charge in [-0.15, -0.1) is 0 Å². The molecule has 0 aromatic heterocycles. The van der Waals surface area contributed by atoms with Gasteiger partial charge < -0.3 is 5.32 Å². The molecule has 1 aromatic carbocycles. The molecule has 1 unspecified atom stereocenters. The van der Waals surface area contributed by atoms with Crippen molar-refractivity contribution in [2.24, 2.45) is 0 Å². The smallest absolute Gasteiger partial charge is 0.218 e. The quantitative estimate of drug-likeness (QED) is 0.892. The van der Waals surface area contributed by atoms with E-state index in [9.17, 15) is 8.42 Å². The summed E-state index contributed by atoms with van der Waals surface area (Å²) >= 11 is 0. The summed E-state index contributed by atoms with van der Waals surface area (Å²) in [5, 5.41) is 3.34. The number of nitrogens with zero attached hydrogens (tertiary/aromatic N) is 1. The molecule has 0 aliphatic carbocycles. The number of benzene rings is 1. The molecule has 1 heterocycles. The average molecular weight is 282 g/mol. The Labute approximate surface area is 115 Å². The molecule has 1 aliphatic rings. The lowest BCUT2D eigenvalue weighted by molar-refractivity contribution is 0.286. The van der Waals surface area contributed by atoms with Gasteiger partial charge in [0.25, 0.3) is 0 Å². The first kappa shape index (κ1) is 14.5. The molecule has 106 valence electrons. The molecule has 0 bridgehead atoms. The fourth-order valence-corrected chi connectivity index (χ4v) is 4.14. The molecular formula is C14H22N2O2S. The van der Waals surface area contributed by atoms with Crippen LogP contribution in [-0.4, -0.2) is 38.4 Å². The van der Waals surface area contributed by atoms with Crippen LogP contribution in [0.5, 0.6) is 0 Å². The van der Waals surface area contributed by atoms with Gasteiger partial charge in [0, 0.05) is 19.1 Å². The predicted octanol–water partition coefficient (Wildman–Crippen LogP) is 1.59. The molecule has 1 saturated heterocycles. The molecule has 1 aromatic rings.